The molecule has 0 unspecified atom stereocenters. The highest BCUT2D eigenvalue weighted by atomic mass is 16.3. The molecule has 0 radical (unpaired) electrons. The molecule has 0 aliphatic rings. The maximum Gasteiger partial charge on any atom is 0.107 e. The van der Waals surface area contributed by atoms with Gasteiger partial charge in [0.05, 0.1) is 12.0 Å². The first-order valence-electron chi connectivity index (χ1n) is 8.45. The van der Waals surface area contributed by atoms with Gasteiger partial charge in [0.2, 0.25) is 0 Å². The number of nitrogens with zero attached hydrogens (tertiary/aromatic N) is 2. The fourth-order valence-corrected chi connectivity index (χ4v) is 3.00. The van der Waals surface area contributed by atoms with Crippen LogP contribution in [0, 0.1) is 6.92 Å². The number of rotatable bonds is 7. The van der Waals surface area contributed by atoms with Gasteiger partial charge in [0.25, 0.3) is 0 Å². The summed E-state index contributed by atoms with van der Waals surface area (Å²) in [4.78, 5) is 4.64. The van der Waals surface area contributed by atoms with E-state index in [4.69, 9.17) is 9.52 Å². The van der Waals surface area contributed by atoms with Crippen molar-refractivity contribution in [2.45, 2.75) is 39.2 Å². The van der Waals surface area contributed by atoms with E-state index >= 15 is 0 Å². The average Bonchev–Trinajstić information content (AvgIpc) is 3.20. The van der Waals surface area contributed by atoms with Gasteiger partial charge in [0.15, 0.2) is 0 Å². The molecule has 0 fully saturated rings. The lowest BCUT2D eigenvalue weighted by Crippen LogP contribution is -2.08. The van der Waals surface area contributed by atoms with E-state index in [-0.39, 0.29) is 12.5 Å². The summed E-state index contributed by atoms with van der Waals surface area (Å²) in [5, 5.41) is 9.16. The van der Waals surface area contributed by atoms with Gasteiger partial charge in [0.1, 0.15) is 11.5 Å². The number of aryl methyl sites for hydroxylation is 2. The largest absolute Gasteiger partial charge is 0.466 e. The van der Waals surface area contributed by atoms with Gasteiger partial charge < -0.3 is 14.1 Å². The Kier molecular flexibility index (Phi) is 5.16. The van der Waals surface area contributed by atoms with Crippen molar-refractivity contribution < 1.29 is 9.52 Å². The molecule has 4 nitrogen and oxygen atoms in total. The monoisotopic (exact) mass is 324 g/mol. The van der Waals surface area contributed by atoms with Crippen LogP contribution in [0.1, 0.15) is 36.5 Å². The minimum absolute atomic E-state index is 0.186. The van der Waals surface area contributed by atoms with Gasteiger partial charge in [-0.05, 0) is 31.9 Å². The zero-order chi connectivity index (χ0) is 16.9. The zero-order valence-corrected chi connectivity index (χ0v) is 14.3. The van der Waals surface area contributed by atoms with E-state index in [0.29, 0.717) is 0 Å². The third-order valence-corrected chi connectivity index (χ3v) is 4.30. The predicted octanol–water partition coefficient (Wildman–Crippen LogP) is 4.18. The Morgan fingerprint density at radius 1 is 1.17 bits per heavy atom. The van der Waals surface area contributed by atoms with Crippen molar-refractivity contribution in [1.82, 2.24) is 9.55 Å². The third kappa shape index (κ3) is 3.60. The van der Waals surface area contributed by atoms with E-state index in [0.717, 1.165) is 42.2 Å². The topological polar surface area (TPSA) is 51.2 Å². The number of benzene rings is 1. The molecule has 1 aromatic carbocycles. The number of imidazole rings is 1. The van der Waals surface area contributed by atoms with Gasteiger partial charge in [-0.1, -0.05) is 37.3 Å². The maximum atomic E-state index is 9.16. The number of hydrogen-bond acceptors (Lipinski definition) is 3. The summed E-state index contributed by atoms with van der Waals surface area (Å²) in [6.45, 7) is 5.11. The van der Waals surface area contributed by atoms with E-state index in [2.05, 4.69) is 34.7 Å². The Bertz CT molecular complexity index is 774. The molecule has 2 heterocycles. The van der Waals surface area contributed by atoms with E-state index in [1.54, 1.807) is 0 Å². The summed E-state index contributed by atoms with van der Waals surface area (Å²) in [5.74, 6) is 2.21. The molecule has 0 aliphatic heterocycles. The lowest BCUT2D eigenvalue weighted by molar-refractivity contribution is 0.279. The van der Waals surface area contributed by atoms with Crippen LogP contribution in [0.25, 0.3) is 11.3 Å². The standard InChI is InChI=1S/C20H24N2O2/c1-15(19-10-9-16(2)24-19)13-18-20(17-7-4-3-5-8-17)21-14-22(18)11-6-12-23/h3-5,7-10,14-15,23H,6,11-13H2,1-2H3/t15-/m1/s1. The predicted molar refractivity (Wildman–Crippen MR) is 94.9 cm³/mol. The molecule has 0 spiro atoms. The second kappa shape index (κ2) is 7.49. The lowest BCUT2D eigenvalue weighted by atomic mass is 9.99. The Morgan fingerprint density at radius 2 is 1.96 bits per heavy atom. The maximum absolute atomic E-state index is 9.16. The van der Waals surface area contributed by atoms with Crippen molar-refractivity contribution in [2.75, 3.05) is 6.61 Å². The van der Waals surface area contributed by atoms with E-state index in [9.17, 15) is 0 Å². The molecule has 126 valence electrons. The van der Waals surface area contributed by atoms with Gasteiger partial charge in [-0.25, -0.2) is 4.98 Å². The van der Waals surface area contributed by atoms with Crippen molar-refractivity contribution in [1.29, 1.82) is 0 Å². The molecule has 0 aliphatic carbocycles. The number of aliphatic hydroxyl groups excluding tert-OH is 1. The third-order valence-electron chi connectivity index (χ3n) is 4.30. The van der Waals surface area contributed by atoms with Crippen molar-refractivity contribution in [3.05, 3.63) is 66.0 Å². The molecule has 1 N–H and O–H groups in total. The fourth-order valence-electron chi connectivity index (χ4n) is 3.00. The van der Waals surface area contributed by atoms with E-state index in [1.165, 1.54) is 5.69 Å². The molecule has 3 rings (SSSR count). The Morgan fingerprint density at radius 3 is 2.62 bits per heavy atom. The first-order chi connectivity index (χ1) is 11.7. The highest BCUT2D eigenvalue weighted by Crippen LogP contribution is 2.28. The molecular formula is C20H24N2O2. The Labute approximate surface area is 142 Å². The second-order valence-electron chi connectivity index (χ2n) is 6.23. The van der Waals surface area contributed by atoms with Crippen LogP contribution < -0.4 is 0 Å². The fraction of sp³-hybridized carbons (Fsp3) is 0.350. The van der Waals surface area contributed by atoms with Crippen molar-refractivity contribution in [2.24, 2.45) is 0 Å². The van der Waals surface area contributed by atoms with Gasteiger partial charge in [0, 0.05) is 30.3 Å². The molecule has 0 saturated heterocycles. The van der Waals surface area contributed by atoms with Gasteiger partial charge in [-0.15, -0.1) is 0 Å². The average molecular weight is 324 g/mol. The van der Waals surface area contributed by atoms with E-state index < -0.39 is 0 Å². The van der Waals surface area contributed by atoms with Crippen LogP contribution in [0.15, 0.2) is 53.2 Å². The summed E-state index contributed by atoms with van der Waals surface area (Å²) in [7, 11) is 0. The number of aliphatic hydroxyl groups is 1. The molecule has 0 amide bonds. The highest BCUT2D eigenvalue weighted by Gasteiger charge is 2.18. The van der Waals surface area contributed by atoms with Gasteiger partial charge in [-0.2, -0.15) is 0 Å². The Balaban J connectivity index is 1.92. The van der Waals surface area contributed by atoms with Gasteiger partial charge in [-0.3, -0.25) is 0 Å². The summed E-state index contributed by atoms with van der Waals surface area (Å²) in [6, 6.07) is 14.3. The lowest BCUT2D eigenvalue weighted by Gasteiger charge is -2.14. The molecule has 0 saturated carbocycles. The van der Waals surface area contributed by atoms with Crippen LogP contribution in [0.2, 0.25) is 0 Å². The first kappa shape index (κ1) is 16.5. The molecule has 4 heteroatoms. The molecule has 3 aromatic rings. The van der Waals surface area contributed by atoms with Crippen LogP contribution in [-0.2, 0) is 13.0 Å². The highest BCUT2D eigenvalue weighted by molar-refractivity contribution is 5.62. The molecule has 1 atom stereocenters. The SMILES string of the molecule is Cc1ccc([C@H](C)Cc2c(-c3ccccc3)ncn2CCCO)o1. The number of aromatic nitrogens is 2. The number of hydrogen-bond donors (Lipinski definition) is 1. The molecule has 2 aromatic heterocycles. The Hall–Kier alpha value is -2.33. The summed E-state index contributed by atoms with van der Waals surface area (Å²) < 4.78 is 7.95. The van der Waals surface area contributed by atoms with Crippen LogP contribution in [-0.4, -0.2) is 21.3 Å². The van der Waals surface area contributed by atoms with Crippen LogP contribution in [0.4, 0.5) is 0 Å². The van der Waals surface area contributed by atoms with Crippen LogP contribution in [0.3, 0.4) is 0 Å². The van der Waals surface area contributed by atoms with Crippen molar-refractivity contribution in [3.8, 4) is 11.3 Å². The quantitative estimate of drug-likeness (QED) is 0.709. The van der Waals surface area contributed by atoms with Crippen LogP contribution in [0.5, 0.6) is 0 Å². The summed E-state index contributed by atoms with van der Waals surface area (Å²) in [6.07, 6.45) is 3.46. The van der Waals surface area contributed by atoms with Gasteiger partial charge >= 0.3 is 0 Å². The molecule has 24 heavy (non-hydrogen) atoms. The minimum atomic E-state index is 0.186. The smallest absolute Gasteiger partial charge is 0.107 e. The molecule has 0 bridgehead atoms. The summed E-state index contributed by atoms with van der Waals surface area (Å²) >= 11 is 0. The van der Waals surface area contributed by atoms with Crippen LogP contribution >= 0.6 is 0 Å². The molecular weight excluding hydrogens is 300 g/mol. The second-order valence-corrected chi connectivity index (χ2v) is 6.23. The summed E-state index contributed by atoms with van der Waals surface area (Å²) in [5.41, 5.74) is 3.33. The first-order valence-corrected chi connectivity index (χ1v) is 8.45. The van der Waals surface area contributed by atoms with Crippen molar-refractivity contribution in [3.63, 3.8) is 0 Å². The zero-order valence-electron chi connectivity index (χ0n) is 14.3. The van der Waals surface area contributed by atoms with E-state index in [1.807, 2.05) is 37.5 Å². The van der Waals surface area contributed by atoms with Crippen molar-refractivity contribution >= 4 is 0 Å². The minimum Gasteiger partial charge on any atom is -0.466 e. The number of furan rings is 1. The normalized spacial score (nSPS) is 12.5.